The number of alkyl halides is 3. The van der Waals surface area contributed by atoms with Crippen LogP contribution < -0.4 is 11.1 Å². The molecular weight excluding hydrogens is 305 g/mol. The lowest BCUT2D eigenvalue weighted by Gasteiger charge is -2.19. The highest BCUT2D eigenvalue weighted by Gasteiger charge is 2.30. The summed E-state index contributed by atoms with van der Waals surface area (Å²) in [7, 11) is 0. The molecule has 0 saturated carbocycles. The van der Waals surface area contributed by atoms with Crippen molar-refractivity contribution in [2.24, 2.45) is 11.7 Å². The van der Waals surface area contributed by atoms with Crippen LogP contribution in [0.25, 0.3) is 0 Å². The molecule has 1 rings (SSSR count). The SMILES string of the molecule is CCC(C)C(N)C(=O)NCCC(C)c1cccc(C(F)(F)F)c1. The van der Waals surface area contributed by atoms with Gasteiger partial charge in [-0.1, -0.05) is 45.4 Å². The van der Waals surface area contributed by atoms with Crippen molar-refractivity contribution in [3.63, 3.8) is 0 Å². The number of rotatable bonds is 7. The van der Waals surface area contributed by atoms with E-state index in [1.165, 1.54) is 6.07 Å². The number of carbonyl (C=O) groups excluding carboxylic acids is 1. The normalized spacial score (nSPS) is 15.8. The summed E-state index contributed by atoms with van der Waals surface area (Å²) in [6, 6.07) is 4.75. The van der Waals surface area contributed by atoms with Gasteiger partial charge in [-0.15, -0.1) is 0 Å². The molecule has 0 bridgehead atoms. The minimum atomic E-state index is -4.34. The summed E-state index contributed by atoms with van der Waals surface area (Å²) < 4.78 is 38.1. The maximum absolute atomic E-state index is 12.7. The first-order chi connectivity index (χ1) is 10.7. The van der Waals surface area contributed by atoms with Crippen molar-refractivity contribution in [1.29, 1.82) is 0 Å². The second-order valence-electron chi connectivity index (χ2n) is 6.02. The Kier molecular flexibility index (Phi) is 7.06. The van der Waals surface area contributed by atoms with Crippen molar-refractivity contribution in [3.8, 4) is 0 Å². The van der Waals surface area contributed by atoms with Gasteiger partial charge in [-0.25, -0.2) is 0 Å². The van der Waals surface area contributed by atoms with E-state index in [1.54, 1.807) is 6.07 Å². The minimum Gasteiger partial charge on any atom is -0.355 e. The van der Waals surface area contributed by atoms with E-state index in [4.69, 9.17) is 5.73 Å². The predicted molar refractivity (Wildman–Crippen MR) is 84.9 cm³/mol. The summed E-state index contributed by atoms with van der Waals surface area (Å²) >= 11 is 0. The molecule has 1 amide bonds. The molecule has 0 aromatic heterocycles. The molecule has 1 aromatic rings. The third kappa shape index (κ3) is 5.86. The lowest BCUT2D eigenvalue weighted by molar-refractivity contribution is -0.137. The summed E-state index contributed by atoms with van der Waals surface area (Å²) in [6.45, 7) is 6.11. The molecule has 3 N–H and O–H groups in total. The van der Waals surface area contributed by atoms with Crippen LogP contribution in [0, 0.1) is 5.92 Å². The smallest absolute Gasteiger partial charge is 0.355 e. The van der Waals surface area contributed by atoms with E-state index in [0.29, 0.717) is 18.5 Å². The Bertz CT molecular complexity index is 517. The summed E-state index contributed by atoms with van der Waals surface area (Å²) in [5.41, 5.74) is 5.79. The van der Waals surface area contributed by atoms with Gasteiger partial charge in [0, 0.05) is 6.54 Å². The summed E-state index contributed by atoms with van der Waals surface area (Å²) in [5, 5.41) is 2.76. The fourth-order valence-electron chi connectivity index (χ4n) is 2.23. The molecule has 6 heteroatoms. The molecule has 3 nitrogen and oxygen atoms in total. The fourth-order valence-corrected chi connectivity index (χ4v) is 2.23. The molecule has 1 aromatic carbocycles. The van der Waals surface area contributed by atoms with Crippen molar-refractivity contribution in [2.75, 3.05) is 6.54 Å². The number of amides is 1. The van der Waals surface area contributed by atoms with E-state index in [0.717, 1.165) is 18.6 Å². The van der Waals surface area contributed by atoms with Gasteiger partial charge in [0.1, 0.15) is 0 Å². The first-order valence-electron chi connectivity index (χ1n) is 7.87. The monoisotopic (exact) mass is 330 g/mol. The molecule has 0 aliphatic carbocycles. The van der Waals surface area contributed by atoms with Gasteiger partial charge in [0.25, 0.3) is 0 Å². The second kappa shape index (κ2) is 8.34. The molecule has 0 spiro atoms. The predicted octanol–water partition coefficient (Wildman–Crippen LogP) is 3.69. The zero-order chi connectivity index (χ0) is 17.6. The first kappa shape index (κ1) is 19.5. The van der Waals surface area contributed by atoms with E-state index >= 15 is 0 Å². The van der Waals surface area contributed by atoms with Gasteiger partial charge >= 0.3 is 6.18 Å². The Hall–Kier alpha value is -1.56. The van der Waals surface area contributed by atoms with Crippen LogP contribution in [-0.2, 0) is 11.0 Å². The van der Waals surface area contributed by atoms with E-state index in [-0.39, 0.29) is 17.7 Å². The Morgan fingerprint density at radius 1 is 1.30 bits per heavy atom. The average molecular weight is 330 g/mol. The second-order valence-corrected chi connectivity index (χ2v) is 6.02. The van der Waals surface area contributed by atoms with Gasteiger partial charge in [0.2, 0.25) is 5.91 Å². The van der Waals surface area contributed by atoms with Crippen molar-refractivity contribution >= 4 is 5.91 Å². The lowest BCUT2D eigenvalue weighted by atomic mass is 9.95. The Labute approximate surface area is 135 Å². The van der Waals surface area contributed by atoms with Crippen molar-refractivity contribution in [2.45, 2.75) is 51.7 Å². The zero-order valence-electron chi connectivity index (χ0n) is 13.8. The van der Waals surface area contributed by atoms with Gasteiger partial charge < -0.3 is 11.1 Å². The van der Waals surface area contributed by atoms with E-state index in [2.05, 4.69) is 5.32 Å². The summed E-state index contributed by atoms with van der Waals surface area (Å²) in [6.07, 6.45) is -2.97. The Morgan fingerprint density at radius 2 is 1.96 bits per heavy atom. The highest BCUT2D eigenvalue weighted by atomic mass is 19.4. The number of benzene rings is 1. The molecule has 3 unspecified atom stereocenters. The maximum atomic E-state index is 12.7. The quantitative estimate of drug-likeness (QED) is 0.801. The molecule has 0 aliphatic heterocycles. The number of nitrogens with two attached hydrogens (primary N) is 1. The number of hydrogen-bond donors (Lipinski definition) is 2. The van der Waals surface area contributed by atoms with E-state index in [1.807, 2.05) is 20.8 Å². The molecule has 0 saturated heterocycles. The molecule has 0 radical (unpaired) electrons. The average Bonchev–Trinajstić information content (AvgIpc) is 2.52. The highest BCUT2D eigenvalue weighted by molar-refractivity contribution is 5.81. The van der Waals surface area contributed by atoms with Crippen LogP contribution in [-0.4, -0.2) is 18.5 Å². The number of hydrogen-bond acceptors (Lipinski definition) is 2. The topological polar surface area (TPSA) is 55.1 Å². The summed E-state index contributed by atoms with van der Waals surface area (Å²) in [5.74, 6) is -0.205. The van der Waals surface area contributed by atoms with E-state index < -0.39 is 17.8 Å². The van der Waals surface area contributed by atoms with Crippen LogP contribution in [0.3, 0.4) is 0 Å². The zero-order valence-corrected chi connectivity index (χ0v) is 13.8. The van der Waals surface area contributed by atoms with Crippen LogP contribution in [0.2, 0.25) is 0 Å². The van der Waals surface area contributed by atoms with Gasteiger partial charge in [-0.3, -0.25) is 4.79 Å². The van der Waals surface area contributed by atoms with Crippen LogP contribution in [0.4, 0.5) is 13.2 Å². The molecule has 0 aliphatic rings. The fraction of sp³-hybridized carbons (Fsp3) is 0.588. The van der Waals surface area contributed by atoms with Crippen molar-refractivity contribution < 1.29 is 18.0 Å². The number of carbonyl (C=O) groups is 1. The number of nitrogens with one attached hydrogen (secondary N) is 1. The Morgan fingerprint density at radius 3 is 2.52 bits per heavy atom. The molecule has 23 heavy (non-hydrogen) atoms. The molecular formula is C17H25F3N2O. The van der Waals surface area contributed by atoms with Crippen LogP contribution in [0.5, 0.6) is 0 Å². The van der Waals surface area contributed by atoms with Gasteiger partial charge in [0.05, 0.1) is 11.6 Å². The number of halogens is 3. The molecule has 130 valence electrons. The third-order valence-corrected chi connectivity index (χ3v) is 4.22. The minimum absolute atomic E-state index is 0.0857. The van der Waals surface area contributed by atoms with Crippen LogP contribution in [0.1, 0.15) is 50.7 Å². The Balaban J connectivity index is 2.55. The van der Waals surface area contributed by atoms with Crippen LogP contribution in [0.15, 0.2) is 24.3 Å². The molecule has 3 atom stereocenters. The van der Waals surface area contributed by atoms with Gasteiger partial charge in [0.15, 0.2) is 0 Å². The molecule has 0 heterocycles. The van der Waals surface area contributed by atoms with Crippen molar-refractivity contribution in [1.82, 2.24) is 5.32 Å². The standard InChI is InChI=1S/C17H25F3N2O/c1-4-11(2)15(21)16(23)22-9-8-12(3)13-6-5-7-14(10-13)17(18,19)20/h5-7,10-12,15H,4,8-9,21H2,1-3H3,(H,22,23). The third-order valence-electron chi connectivity index (χ3n) is 4.22. The molecule has 0 fully saturated rings. The summed E-state index contributed by atoms with van der Waals surface area (Å²) in [4.78, 5) is 11.9. The van der Waals surface area contributed by atoms with E-state index in [9.17, 15) is 18.0 Å². The largest absolute Gasteiger partial charge is 0.416 e. The van der Waals surface area contributed by atoms with Gasteiger partial charge in [-0.2, -0.15) is 13.2 Å². The van der Waals surface area contributed by atoms with Gasteiger partial charge in [-0.05, 0) is 29.9 Å². The van der Waals surface area contributed by atoms with Crippen LogP contribution >= 0.6 is 0 Å². The highest BCUT2D eigenvalue weighted by Crippen LogP contribution is 2.31. The first-order valence-corrected chi connectivity index (χ1v) is 7.87. The van der Waals surface area contributed by atoms with Crippen molar-refractivity contribution in [3.05, 3.63) is 35.4 Å². The maximum Gasteiger partial charge on any atom is 0.416 e. The lowest BCUT2D eigenvalue weighted by Crippen LogP contribution is -2.45.